The maximum absolute atomic E-state index is 14.0. The van der Waals surface area contributed by atoms with Gasteiger partial charge in [0.15, 0.2) is 0 Å². The van der Waals surface area contributed by atoms with Gasteiger partial charge in [-0.2, -0.15) is 0 Å². The van der Waals surface area contributed by atoms with E-state index in [2.05, 4.69) is 0 Å². The first-order valence-corrected chi connectivity index (χ1v) is 5.93. The number of nitrogens with zero attached hydrogens (tertiary/aromatic N) is 1. The van der Waals surface area contributed by atoms with E-state index in [0.717, 1.165) is 0 Å². The number of benzene rings is 1. The third-order valence-electron chi connectivity index (χ3n) is 2.89. The van der Waals surface area contributed by atoms with Crippen LogP contribution in [0.2, 0.25) is 0 Å². The molecule has 1 unspecified atom stereocenters. The monoisotopic (exact) mass is 256 g/mol. The molecule has 0 spiro atoms. The van der Waals surface area contributed by atoms with Gasteiger partial charge in [-0.3, -0.25) is 0 Å². The van der Waals surface area contributed by atoms with E-state index < -0.39 is 0 Å². The maximum Gasteiger partial charge on any atom is 0.148 e. The van der Waals surface area contributed by atoms with Crippen LogP contribution in [-0.2, 0) is 4.74 Å². The number of methoxy groups -OCH3 is 2. The molecular weight excluding hydrogens is 235 g/mol. The van der Waals surface area contributed by atoms with Gasteiger partial charge in [-0.15, -0.1) is 0 Å². The first-order chi connectivity index (χ1) is 8.54. The van der Waals surface area contributed by atoms with Gasteiger partial charge >= 0.3 is 0 Å². The standard InChI is InChI=1S/C13H21FN2O2/c1-5-16(9(2)8-17-3)12-7-13(18-4)11(15)6-10(12)14/h6-7,9H,5,8,15H2,1-4H3. The number of ether oxygens (including phenoxy) is 2. The Morgan fingerprint density at radius 3 is 2.56 bits per heavy atom. The average Bonchev–Trinajstić information content (AvgIpc) is 2.33. The van der Waals surface area contributed by atoms with Crippen LogP contribution in [0.1, 0.15) is 13.8 Å². The summed E-state index contributed by atoms with van der Waals surface area (Å²) in [6.07, 6.45) is 0. The molecule has 0 fully saturated rings. The molecule has 2 N–H and O–H groups in total. The van der Waals surface area contributed by atoms with Crippen LogP contribution in [0.4, 0.5) is 15.8 Å². The summed E-state index contributed by atoms with van der Waals surface area (Å²) in [4.78, 5) is 1.92. The fourth-order valence-corrected chi connectivity index (χ4v) is 2.01. The van der Waals surface area contributed by atoms with Crippen molar-refractivity contribution >= 4 is 11.4 Å². The molecule has 1 aromatic carbocycles. The molecule has 0 heterocycles. The van der Waals surface area contributed by atoms with Crippen molar-refractivity contribution in [1.82, 2.24) is 0 Å². The second kappa shape index (κ2) is 6.44. The molecule has 0 aromatic heterocycles. The molecule has 1 atom stereocenters. The largest absolute Gasteiger partial charge is 0.495 e. The van der Waals surface area contributed by atoms with E-state index in [0.29, 0.717) is 30.3 Å². The van der Waals surface area contributed by atoms with Crippen LogP contribution in [0.25, 0.3) is 0 Å². The van der Waals surface area contributed by atoms with Gasteiger partial charge in [0.1, 0.15) is 11.6 Å². The molecule has 0 aliphatic carbocycles. The lowest BCUT2D eigenvalue weighted by Gasteiger charge is -2.30. The Labute approximate surface area is 107 Å². The van der Waals surface area contributed by atoms with Crippen LogP contribution < -0.4 is 15.4 Å². The minimum absolute atomic E-state index is 0.0721. The first kappa shape index (κ1) is 14.6. The van der Waals surface area contributed by atoms with Crippen molar-refractivity contribution in [2.24, 2.45) is 0 Å². The van der Waals surface area contributed by atoms with Crippen molar-refractivity contribution in [2.45, 2.75) is 19.9 Å². The van der Waals surface area contributed by atoms with Gasteiger partial charge < -0.3 is 20.1 Å². The Kier molecular flexibility index (Phi) is 5.22. The zero-order chi connectivity index (χ0) is 13.7. The van der Waals surface area contributed by atoms with Gasteiger partial charge in [-0.25, -0.2) is 4.39 Å². The van der Waals surface area contributed by atoms with Crippen molar-refractivity contribution in [2.75, 3.05) is 38.0 Å². The van der Waals surface area contributed by atoms with Gasteiger partial charge in [-0.1, -0.05) is 0 Å². The lowest BCUT2D eigenvalue weighted by molar-refractivity contribution is 0.181. The quantitative estimate of drug-likeness (QED) is 0.793. The van der Waals surface area contributed by atoms with Gasteiger partial charge in [0.2, 0.25) is 0 Å². The van der Waals surface area contributed by atoms with Crippen LogP contribution in [0, 0.1) is 5.82 Å². The molecule has 0 aliphatic rings. The zero-order valence-electron chi connectivity index (χ0n) is 11.4. The third-order valence-corrected chi connectivity index (χ3v) is 2.89. The summed E-state index contributed by atoms with van der Waals surface area (Å²) in [6.45, 7) is 5.15. The molecule has 5 heteroatoms. The summed E-state index contributed by atoms with van der Waals surface area (Å²) in [5.74, 6) is 0.132. The lowest BCUT2D eigenvalue weighted by Crippen LogP contribution is -2.36. The minimum atomic E-state index is -0.349. The highest BCUT2D eigenvalue weighted by Gasteiger charge is 2.18. The van der Waals surface area contributed by atoms with Gasteiger partial charge in [-0.05, 0) is 13.8 Å². The summed E-state index contributed by atoms with van der Waals surface area (Å²) in [5, 5.41) is 0. The van der Waals surface area contributed by atoms with Crippen molar-refractivity contribution in [1.29, 1.82) is 0 Å². The highest BCUT2D eigenvalue weighted by Crippen LogP contribution is 2.31. The molecule has 0 radical (unpaired) electrons. The molecule has 18 heavy (non-hydrogen) atoms. The number of rotatable bonds is 6. The van der Waals surface area contributed by atoms with Crippen LogP contribution in [0.15, 0.2) is 12.1 Å². The number of anilines is 2. The molecule has 0 amide bonds. The number of halogens is 1. The van der Waals surface area contributed by atoms with Crippen LogP contribution >= 0.6 is 0 Å². The van der Waals surface area contributed by atoms with Crippen molar-refractivity contribution < 1.29 is 13.9 Å². The molecule has 0 saturated carbocycles. The lowest BCUT2D eigenvalue weighted by atomic mass is 10.2. The summed E-state index contributed by atoms with van der Waals surface area (Å²) in [6, 6.07) is 2.99. The summed E-state index contributed by atoms with van der Waals surface area (Å²) < 4.78 is 24.2. The van der Waals surface area contributed by atoms with Gasteiger partial charge in [0, 0.05) is 31.8 Å². The summed E-state index contributed by atoms with van der Waals surface area (Å²) in [7, 11) is 3.15. The Bertz CT molecular complexity index is 399. The predicted molar refractivity (Wildman–Crippen MR) is 71.7 cm³/mol. The Hall–Kier alpha value is -1.49. The number of hydrogen-bond donors (Lipinski definition) is 1. The normalized spacial score (nSPS) is 12.3. The van der Waals surface area contributed by atoms with E-state index in [-0.39, 0.29) is 11.9 Å². The van der Waals surface area contributed by atoms with Gasteiger partial charge in [0.05, 0.1) is 25.1 Å². The molecular formula is C13H21FN2O2. The second-order valence-electron chi connectivity index (χ2n) is 4.14. The first-order valence-electron chi connectivity index (χ1n) is 5.93. The van der Waals surface area contributed by atoms with Crippen LogP contribution in [-0.4, -0.2) is 33.4 Å². The maximum atomic E-state index is 14.0. The Balaban J connectivity index is 3.12. The molecule has 1 rings (SSSR count). The van der Waals surface area contributed by atoms with E-state index in [4.69, 9.17) is 15.2 Å². The second-order valence-corrected chi connectivity index (χ2v) is 4.14. The molecule has 0 saturated heterocycles. The number of nitrogen functional groups attached to an aromatic ring is 1. The number of likely N-dealkylation sites (N-methyl/N-ethyl adjacent to an activating group) is 1. The van der Waals surface area contributed by atoms with E-state index in [1.165, 1.54) is 13.2 Å². The molecule has 4 nitrogen and oxygen atoms in total. The highest BCUT2D eigenvalue weighted by atomic mass is 19.1. The molecule has 0 bridgehead atoms. The van der Waals surface area contributed by atoms with E-state index in [1.54, 1.807) is 13.2 Å². The SMILES string of the molecule is CCN(c1cc(OC)c(N)cc1F)C(C)COC. The number of hydrogen-bond acceptors (Lipinski definition) is 4. The van der Waals surface area contributed by atoms with Crippen molar-refractivity contribution in [3.05, 3.63) is 17.9 Å². The van der Waals surface area contributed by atoms with E-state index in [9.17, 15) is 4.39 Å². The van der Waals surface area contributed by atoms with Crippen LogP contribution in [0.3, 0.4) is 0 Å². The molecule has 102 valence electrons. The summed E-state index contributed by atoms with van der Waals surface area (Å²) in [5.41, 5.74) is 6.45. The smallest absolute Gasteiger partial charge is 0.148 e. The zero-order valence-corrected chi connectivity index (χ0v) is 11.4. The van der Waals surface area contributed by atoms with E-state index in [1.807, 2.05) is 18.7 Å². The van der Waals surface area contributed by atoms with Crippen molar-refractivity contribution in [3.63, 3.8) is 0 Å². The third kappa shape index (κ3) is 3.04. The Morgan fingerprint density at radius 2 is 2.06 bits per heavy atom. The predicted octanol–water partition coefficient (Wildman–Crippen LogP) is 2.28. The van der Waals surface area contributed by atoms with Gasteiger partial charge in [0.25, 0.3) is 0 Å². The minimum Gasteiger partial charge on any atom is -0.495 e. The summed E-state index contributed by atoms with van der Waals surface area (Å²) >= 11 is 0. The number of nitrogens with two attached hydrogens (primary N) is 1. The topological polar surface area (TPSA) is 47.7 Å². The average molecular weight is 256 g/mol. The fraction of sp³-hybridized carbons (Fsp3) is 0.538. The van der Waals surface area contributed by atoms with E-state index >= 15 is 0 Å². The highest BCUT2D eigenvalue weighted by molar-refractivity contribution is 5.63. The Morgan fingerprint density at radius 1 is 1.39 bits per heavy atom. The fourth-order valence-electron chi connectivity index (χ4n) is 2.01. The molecule has 1 aromatic rings. The van der Waals surface area contributed by atoms with Crippen molar-refractivity contribution in [3.8, 4) is 5.75 Å². The van der Waals surface area contributed by atoms with Crippen LogP contribution in [0.5, 0.6) is 5.75 Å². The molecule has 0 aliphatic heterocycles.